The average Bonchev–Trinajstić information content (AvgIpc) is 2.90. The van der Waals surface area contributed by atoms with Crippen LogP contribution in [0.25, 0.3) is 0 Å². The van der Waals surface area contributed by atoms with Gasteiger partial charge in [-0.3, -0.25) is 4.79 Å². The van der Waals surface area contributed by atoms with Gasteiger partial charge in [0, 0.05) is 5.41 Å². The Labute approximate surface area is 129 Å². The van der Waals surface area contributed by atoms with Crippen LogP contribution in [0.2, 0.25) is 0 Å². The van der Waals surface area contributed by atoms with E-state index in [2.05, 4.69) is 9.59 Å². The maximum Gasteiger partial charge on any atom is 0.210 e. The lowest BCUT2D eigenvalue weighted by molar-refractivity contribution is 0.103. The van der Waals surface area contributed by atoms with Crippen molar-refractivity contribution in [3.63, 3.8) is 0 Å². The molecule has 0 atom stereocenters. The number of hydrogen-bond donors (Lipinski definition) is 0. The summed E-state index contributed by atoms with van der Waals surface area (Å²) in [6, 6.07) is 3.76. The molecule has 112 valence electrons. The van der Waals surface area contributed by atoms with Crippen LogP contribution in [0.4, 0.5) is 0 Å². The van der Waals surface area contributed by atoms with Gasteiger partial charge in [-0.15, -0.1) is 5.10 Å². The third-order valence-corrected chi connectivity index (χ3v) is 4.25. The third kappa shape index (κ3) is 2.83. The number of carbonyl (C=O) groups is 1. The fourth-order valence-corrected chi connectivity index (χ4v) is 3.02. The number of aryl methyl sites for hydroxylation is 1. The molecule has 0 spiro atoms. The highest BCUT2D eigenvalue weighted by atomic mass is 32.1. The highest BCUT2D eigenvalue weighted by Gasteiger charge is 2.28. The standard InChI is InChI=1S/C16H20N2O2S/c1-9-7-8-11(13(20-6)10(9)2)12(19)14-15(16(3,4)5)17-18-21-14/h7-8H,1-6H3. The molecule has 1 aromatic heterocycles. The molecule has 0 N–H and O–H groups in total. The van der Waals surface area contributed by atoms with Gasteiger partial charge < -0.3 is 4.74 Å². The maximum absolute atomic E-state index is 12.9. The lowest BCUT2D eigenvalue weighted by Gasteiger charge is -2.17. The number of rotatable bonds is 3. The summed E-state index contributed by atoms with van der Waals surface area (Å²) in [4.78, 5) is 13.5. The van der Waals surface area contributed by atoms with Crippen molar-refractivity contribution in [1.82, 2.24) is 9.59 Å². The van der Waals surface area contributed by atoms with Crippen molar-refractivity contribution >= 4 is 17.3 Å². The van der Waals surface area contributed by atoms with Crippen molar-refractivity contribution < 1.29 is 9.53 Å². The number of ketones is 1. The fourth-order valence-electron chi connectivity index (χ4n) is 2.18. The predicted octanol–water partition coefficient (Wildman–Crippen LogP) is 3.69. The Morgan fingerprint density at radius 2 is 1.90 bits per heavy atom. The topological polar surface area (TPSA) is 52.1 Å². The zero-order chi connectivity index (χ0) is 15.8. The Hall–Kier alpha value is -1.75. The summed E-state index contributed by atoms with van der Waals surface area (Å²) in [7, 11) is 1.59. The summed E-state index contributed by atoms with van der Waals surface area (Å²) in [5.74, 6) is 0.558. The van der Waals surface area contributed by atoms with Crippen LogP contribution in [-0.4, -0.2) is 22.5 Å². The molecule has 2 rings (SSSR count). The van der Waals surface area contributed by atoms with Gasteiger partial charge in [-0.1, -0.05) is 31.3 Å². The quantitative estimate of drug-likeness (QED) is 0.811. The molecule has 0 aliphatic rings. The minimum atomic E-state index is -0.217. The molecule has 0 fully saturated rings. The van der Waals surface area contributed by atoms with Gasteiger partial charge in [-0.25, -0.2) is 0 Å². The molecule has 2 aromatic rings. The number of methoxy groups -OCH3 is 1. The van der Waals surface area contributed by atoms with Crippen molar-refractivity contribution in [3.8, 4) is 5.75 Å². The van der Waals surface area contributed by atoms with Crippen molar-refractivity contribution in [2.45, 2.75) is 40.0 Å². The van der Waals surface area contributed by atoms with E-state index < -0.39 is 0 Å². The normalized spacial score (nSPS) is 11.5. The van der Waals surface area contributed by atoms with Gasteiger partial charge in [0.05, 0.1) is 18.4 Å². The second-order valence-electron chi connectivity index (χ2n) is 6.12. The Kier molecular flexibility index (Phi) is 4.14. The average molecular weight is 304 g/mol. The number of benzene rings is 1. The first-order chi connectivity index (χ1) is 9.77. The van der Waals surface area contributed by atoms with Crippen molar-refractivity contribution in [2.75, 3.05) is 7.11 Å². The summed E-state index contributed by atoms with van der Waals surface area (Å²) in [6.07, 6.45) is 0. The molecule has 0 aliphatic carbocycles. The van der Waals surface area contributed by atoms with Crippen LogP contribution in [0.5, 0.6) is 5.75 Å². The molecule has 1 heterocycles. The fraction of sp³-hybridized carbons (Fsp3) is 0.438. The molecular weight excluding hydrogens is 284 g/mol. The van der Waals surface area contributed by atoms with Gasteiger partial charge >= 0.3 is 0 Å². The van der Waals surface area contributed by atoms with Crippen LogP contribution in [0.3, 0.4) is 0 Å². The Morgan fingerprint density at radius 3 is 2.48 bits per heavy atom. The predicted molar refractivity (Wildman–Crippen MR) is 84.5 cm³/mol. The van der Waals surface area contributed by atoms with Gasteiger partial charge in [0.2, 0.25) is 5.78 Å². The van der Waals surface area contributed by atoms with Crippen LogP contribution in [0.1, 0.15) is 52.8 Å². The van der Waals surface area contributed by atoms with Crippen molar-refractivity contribution in [2.24, 2.45) is 0 Å². The zero-order valence-electron chi connectivity index (χ0n) is 13.3. The summed E-state index contributed by atoms with van der Waals surface area (Å²) in [6.45, 7) is 10.0. The van der Waals surface area contributed by atoms with E-state index in [-0.39, 0.29) is 11.2 Å². The second kappa shape index (κ2) is 5.56. The molecule has 21 heavy (non-hydrogen) atoms. The number of aromatic nitrogens is 2. The first-order valence-electron chi connectivity index (χ1n) is 6.79. The molecule has 5 heteroatoms. The van der Waals surface area contributed by atoms with Gasteiger partial charge in [0.15, 0.2) is 0 Å². The van der Waals surface area contributed by atoms with E-state index in [1.165, 1.54) is 0 Å². The first kappa shape index (κ1) is 15.6. The second-order valence-corrected chi connectivity index (χ2v) is 6.87. The van der Waals surface area contributed by atoms with Crippen LogP contribution in [0.15, 0.2) is 12.1 Å². The molecule has 0 saturated carbocycles. The molecule has 0 unspecified atom stereocenters. The van der Waals surface area contributed by atoms with Gasteiger partial charge in [-0.05, 0) is 42.6 Å². The number of hydrogen-bond acceptors (Lipinski definition) is 5. The van der Waals surface area contributed by atoms with E-state index in [0.29, 0.717) is 16.2 Å². The summed E-state index contributed by atoms with van der Waals surface area (Å²) < 4.78 is 9.41. The van der Waals surface area contributed by atoms with E-state index in [0.717, 1.165) is 28.4 Å². The van der Waals surface area contributed by atoms with E-state index in [9.17, 15) is 4.79 Å². The number of carbonyl (C=O) groups excluding carboxylic acids is 1. The van der Waals surface area contributed by atoms with Crippen LogP contribution in [0, 0.1) is 13.8 Å². The Balaban J connectivity index is 2.57. The monoisotopic (exact) mass is 304 g/mol. The van der Waals surface area contributed by atoms with Gasteiger partial charge in [0.1, 0.15) is 10.6 Å². The summed E-state index contributed by atoms with van der Waals surface area (Å²) >= 11 is 1.14. The number of nitrogens with zero attached hydrogens (tertiary/aromatic N) is 2. The van der Waals surface area contributed by atoms with E-state index in [1.54, 1.807) is 7.11 Å². The smallest absolute Gasteiger partial charge is 0.210 e. The number of ether oxygens (including phenoxy) is 1. The molecule has 1 aromatic carbocycles. The summed E-state index contributed by atoms with van der Waals surface area (Å²) in [5, 5.41) is 4.14. The highest BCUT2D eigenvalue weighted by molar-refractivity contribution is 7.08. The molecule has 0 amide bonds. The van der Waals surface area contributed by atoms with E-state index in [1.807, 2.05) is 46.8 Å². The van der Waals surface area contributed by atoms with Gasteiger partial charge in [-0.2, -0.15) is 0 Å². The maximum atomic E-state index is 12.9. The lowest BCUT2D eigenvalue weighted by Crippen LogP contribution is -2.17. The molecule has 0 saturated heterocycles. The van der Waals surface area contributed by atoms with Crippen LogP contribution < -0.4 is 4.74 Å². The third-order valence-electron chi connectivity index (χ3n) is 3.53. The summed E-state index contributed by atoms with van der Waals surface area (Å²) in [5.41, 5.74) is 3.17. The molecule has 0 radical (unpaired) electrons. The Bertz CT molecular complexity index is 684. The minimum absolute atomic E-state index is 0.0742. The van der Waals surface area contributed by atoms with E-state index >= 15 is 0 Å². The lowest BCUT2D eigenvalue weighted by atomic mass is 9.89. The Morgan fingerprint density at radius 1 is 1.24 bits per heavy atom. The van der Waals surface area contributed by atoms with Crippen molar-refractivity contribution in [3.05, 3.63) is 39.4 Å². The molecule has 4 nitrogen and oxygen atoms in total. The van der Waals surface area contributed by atoms with E-state index in [4.69, 9.17) is 4.74 Å². The first-order valence-corrected chi connectivity index (χ1v) is 7.56. The van der Waals surface area contributed by atoms with Crippen LogP contribution in [-0.2, 0) is 5.41 Å². The van der Waals surface area contributed by atoms with Crippen LogP contribution >= 0.6 is 11.5 Å². The zero-order valence-corrected chi connectivity index (χ0v) is 14.1. The largest absolute Gasteiger partial charge is 0.496 e. The molecular formula is C16H20N2O2S. The van der Waals surface area contributed by atoms with Gasteiger partial charge in [0.25, 0.3) is 0 Å². The SMILES string of the molecule is COc1c(C(=O)c2snnc2C(C)(C)C)ccc(C)c1C. The highest BCUT2D eigenvalue weighted by Crippen LogP contribution is 2.32. The molecule has 0 bridgehead atoms. The molecule has 0 aliphatic heterocycles. The van der Waals surface area contributed by atoms with Crippen molar-refractivity contribution in [1.29, 1.82) is 0 Å². The minimum Gasteiger partial charge on any atom is -0.496 e.